The van der Waals surface area contributed by atoms with Crippen LogP contribution in [0.4, 0.5) is 0 Å². The Bertz CT molecular complexity index is 830. The van der Waals surface area contributed by atoms with Crippen molar-refractivity contribution >= 4 is 29.1 Å². The molecule has 0 aliphatic heterocycles. The van der Waals surface area contributed by atoms with Crippen LogP contribution in [0, 0.1) is 6.92 Å². The van der Waals surface area contributed by atoms with E-state index in [0.29, 0.717) is 21.6 Å². The Morgan fingerprint density at radius 2 is 2.00 bits per heavy atom. The summed E-state index contributed by atoms with van der Waals surface area (Å²) < 4.78 is 0. The van der Waals surface area contributed by atoms with Crippen LogP contribution >= 0.6 is 23.4 Å². The third-order valence-electron chi connectivity index (χ3n) is 3.25. The molecule has 4 nitrogen and oxygen atoms in total. The van der Waals surface area contributed by atoms with Gasteiger partial charge in [0.1, 0.15) is 0 Å². The molecule has 0 amide bonds. The predicted molar refractivity (Wildman–Crippen MR) is 93.1 cm³/mol. The van der Waals surface area contributed by atoms with Crippen molar-refractivity contribution in [3.05, 3.63) is 64.7 Å². The molecule has 0 saturated carbocycles. The lowest BCUT2D eigenvalue weighted by Crippen LogP contribution is -2.02. The van der Waals surface area contributed by atoms with E-state index in [1.54, 1.807) is 24.3 Å². The number of rotatable bonds is 5. The van der Waals surface area contributed by atoms with Crippen molar-refractivity contribution < 1.29 is 4.79 Å². The third kappa shape index (κ3) is 4.00. The summed E-state index contributed by atoms with van der Waals surface area (Å²) in [5.41, 5.74) is 2.77. The number of aromatic nitrogens is 3. The van der Waals surface area contributed by atoms with E-state index in [4.69, 9.17) is 11.6 Å². The number of carbonyl (C=O) groups excluding carboxylic acids is 1. The van der Waals surface area contributed by atoms with Gasteiger partial charge in [-0.15, -0.1) is 5.10 Å². The molecule has 1 heterocycles. The standard InChI is InChI=1S/C17H14ClN3OS/c1-11-3-2-4-13(9-11)16-19-17(21-20-16)23-10-15(22)12-5-7-14(18)8-6-12/h2-9H,10H2,1H3,(H,19,20,21). The zero-order valence-electron chi connectivity index (χ0n) is 12.4. The minimum Gasteiger partial charge on any atom is -0.293 e. The van der Waals surface area contributed by atoms with E-state index in [2.05, 4.69) is 15.2 Å². The van der Waals surface area contributed by atoms with Gasteiger partial charge in [-0.25, -0.2) is 4.98 Å². The number of Topliss-reactive ketones (excluding diaryl/α,β-unsaturated/α-hetero) is 1. The number of thioether (sulfide) groups is 1. The molecule has 6 heteroatoms. The van der Waals surface area contributed by atoms with E-state index in [1.807, 2.05) is 31.2 Å². The summed E-state index contributed by atoms with van der Waals surface area (Å²) in [4.78, 5) is 16.5. The molecular formula is C17H14ClN3OS. The van der Waals surface area contributed by atoms with Gasteiger partial charge in [-0.1, -0.05) is 47.1 Å². The number of carbonyl (C=O) groups is 1. The maximum Gasteiger partial charge on any atom is 0.209 e. The molecule has 2 aromatic carbocycles. The van der Waals surface area contributed by atoms with Crippen LogP contribution < -0.4 is 0 Å². The zero-order valence-corrected chi connectivity index (χ0v) is 14.0. The summed E-state index contributed by atoms with van der Waals surface area (Å²) in [6.07, 6.45) is 0. The lowest BCUT2D eigenvalue weighted by atomic mass is 10.1. The summed E-state index contributed by atoms with van der Waals surface area (Å²) in [5.74, 6) is 1.01. The van der Waals surface area contributed by atoms with Crippen LogP contribution in [0.5, 0.6) is 0 Å². The van der Waals surface area contributed by atoms with Gasteiger partial charge in [-0.2, -0.15) is 0 Å². The van der Waals surface area contributed by atoms with Gasteiger partial charge in [0, 0.05) is 16.1 Å². The van der Waals surface area contributed by atoms with Crippen molar-refractivity contribution in [3.8, 4) is 11.4 Å². The molecule has 1 N–H and O–H groups in total. The highest BCUT2D eigenvalue weighted by atomic mass is 35.5. The minimum absolute atomic E-state index is 0.0218. The average molecular weight is 344 g/mol. The van der Waals surface area contributed by atoms with Crippen molar-refractivity contribution in [1.82, 2.24) is 15.2 Å². The molecule has 0 spiro atoms. The Morgan fingerprint density at radius 3 is 2.74 bits per heavy atom. The van der Waals surface area contributed by atoms with Crippen LogP contribution in [-0.2, 0) is 0 Å². The number of nitrogens with one attached hydrogen (secondary N) is 1. The van der Waals surface area contributed by atoms with Crippen LogP contribution in [0.25, 0.3) is 11.4 Å². The molecule has 3 aromatic rings. The number of ketones is 1. The van der Waals surface area contributed by atoms with Gasteiger partial charge in [0.25, 0.3) is 0 Å². The molecule has 0 unspecified atom stereocenters. The number of hydrogen-bond donors (Lipinski definition) is 1. The number of H-pyrrole nitrogens is 1. The van der Waals surface area contributed by atoms with Crippen LogP contribution in [0.3, 0.4) is 0 Å². The first-order chi connectivity index (χ1) is 11.1. The molecule has 116 valence electrons. The van der Waals surface area contributed by atoms with Gasteiger partial charge in [-0.3, -0.25) is 9.89 Å². The van der Waals surface area contributed by atoms with Gasteiger partial charge in [-0.05, 0) is 37.3 Å². The fourth-order valence-corrected chi connectivity index (χ4v) is 2.90. The summed E-state index contributed by atoms with van der Waals surface area (Å²) >= 11 is 7.13. The molecule has 0 saturated heterocycles. The molecule has 0 aliphatic carbocycles. The van der Waals surface area contributed by atoms with Gasteiger partial charge in [0.15, 0.2) is 11.6 Å². The summed E-state index contributed by atoms with van der Waals surface area (Å²) in [7, 11) is 0. The van der Waals surface area contributed by atoms with Crippen LogP contribution in [0.15, 0.2) is 53.7 Å². The van der Waals surface area contributed by atoms with Crippen molar-refractivity contribution in [2.75, 3.05) is 5.75 Å². The highest BCUT2D eigenvalue weighted by molar-refractivity contribution is 7.99. The second-order valence-electron chi connectivity index (χ2n) is 5.05. The number of benzene rings is 2. The van der Waals surface area contributed by atoms with Crippen LogP contribution in [0.1, 0.15) is 15.9 Å². The summed E-state index contributed by atoms with van der Waals surface area (Å²) in [6.45, 7) is 2.03. The van der Waals surface area contributed by atoms with Gasteiger partial charge in [0.05, 0.1) is 5.75 Å². The van der Waals surface area contributed by atoms with Crippen molar-refractivity contribution in [2.24, 2.45) is 0 Å². The third-order valence-corrected chi connectivity index (χ3v) is 4.35. The smallest absolute Gasteiger partial charge is 0.209 e. The minimum atomic E-state index is 0.0218. The lowest BCUT2D eigenvalue weighted by Gasteiger charge is -1.99. The van der Waals surface area contributed by atoms with E-state index in [0.717, 1.165) is 11.1 Å². The van der Waals surface area contributed by atoms with E-state index < -0.39 is 0 Å². The fourth-order valence-electron chi connectivity index (χ4n) is 2.08. The first-order valence-electron chi connectivity index (χ1n) is 7.03. The highest BCUT2D eigenvalue weighted by Gasteiger charge is 2.10. The molecule has 0 bridgehead atoms. The van der Waals surface area contributed by atoms with Gasteiger partial charge in [0.2, 0.25) is 5.16 Å². The van der Waals surface area contributed by atoms with Gasteiger partial charge >= 0.3 is 0 Å². The number of nitrogens with zero attached hydrogens (tertiary/aromatic N) is 2. The van der Waals surface area contributed by atoms with E-state index in [9.17, 15) is 4.79 Å². The van der Waals surface area contributed by atoms with Crippen molar-refractivity contribution in [2.45, 2.75) is 12.1 Å². The van der Waals surface area contributed by atoms with E-state index >= 15 is 0 Å². The first kappa shape index (κ1) is 15.8. The van der Waals surface area contributed by atoms with Crippen LogP contribution in [-0.4, -0.2) is 26.7 Å². The van der Waals surface area contributed by atoms with Crippen molar-refractivity contribution in [3.63, 3.8) is 0 Å². The maximum absolute atomic E-state index is 12.1. The Kier molecular flexibility index (Phi) is 4.79. The Morgan fingerprint density at radius 1 is 1.22 bits per heavy atom. The van der Waals surface area contributed by atoms with E-state index in [1.165, 1.54) is 11.8 Å². The normalized spacial score (nSPS) is 10.7. The van der Waals surface area contributed by atoms with Crippen molar-refractivity contribution in [1.29, 1.82) is 0 Å². The predicted octanol–water partition coefficient (Wildman–Crippen LogP) is 4.41. The molecule has 0 radical (unpaired) electrons. The number of aryl methyl sites for hydroxylation is 1. The average Bonchev–Trinajstić information content (AvgIpc) is 3.02. The quantitative estimate of drug-likeness (QED) is 0.550. The second kappa shape index (κ2) is 6.98. The molecule has 0 aliphatic rings. The molecule has 0 fully saturated rings. The Balaban J connectivity index is 1.65. The molecule has 23 heavy (non-hydrogen) atoms. The number of hydrogen-bond acceptors (Lipinski definition) is 4. The number of aromatic amines is 1. The van der Waals surface area contributed by atoms with Gasteiger partial charge < -0.3 is 0 Å². The Labute approximate surface area is 143 Å². The maximum atomic E-state index is 12.1. The van der Waals surface area contributed by atoms with E-state index in [-0.39, 0.29) is 11.5 Å². The first-order valence-corrected chi connectivity index (χ1v) is 8.39. The molecular weight excluding hydrogens is 330 g/mol. The summed E-state index contributed by atoms with van der Waals surface area (Å²) in [5, 5.41) is 8.24. The number of halogens is 1. The molecule has 3 rings (SSSR count). The Hall–Kier alpha value is -2.11. The highest BCUT2D eigenvalue weighted by Crippen LogP contribution is 2.21. The summed E-state index contributed by atoms with van der Waals surface area (Å²) in [6, 6.07) is 14.9. The second-order valence-corrected chi connectivity index (χ2v) is 6.43. The van der Waals surface area contributed by atoms with Crippen LogP contribution in [0.2, 0.25) is 5.02 Å². The lowest BCUT2D eigenvalue weighted by molar-refractivity contribution is 0.102. The topological polar surface area (TPSA) is 58.6 Å². The SMILES string of the molecule is Cc1cccc(-c2nc(SCC(=O)c3ccc(Cl)cc3)n[nH]2)c1. The molecule has 1 aromatic heterocycles. The zero-order chi connectivity index (χ0) is 16.2. The fraction of sp³-hybridized carbons (Fsp3) is 0.118. The largest absolute Gasteiger partial charge is 0.293 e. The molecule has 0 atom stereocenters. The monoisotopic (exact) mass is 343 g/mol.